The summed E-state index contributed by atoms with van der Waals surface area (Å²) in [6.07, 6.45) is 0. The minimum absolute atomic E-state index is 0.0655. The SMILES string of the molecule is C=C(F)c1cc(F)ccc1NC(=O)c1ccccc1. The first-order valence-corrected chi connectivity index (χ1v) is 5.58. The largest absolute Gasteiger partial charge is 0.321 e. The van der Waals surface area contributed by atoms with E-state index in [1.807, 2.05) is 0 Å². The van der Waals surface area contributed by atoms with Crippen LogP contribution in [0.5, 0.6) is 0 Å². The third-order valence-electron chi connectivity index (χ3n) is 2.56. The van der Waals surface area contributed by atoms with Gasteiger partial charge in [0.1, 0.15) is 11.6 Å². The standard InChI is InChI=1S/C15H11F2NO/c1-10(16)13-9-12(17)7-8-14(13)18-15(19)11-5-3-2-4-6-11/h2-9H,1H2,(H,18,19). The molecule has 0 saturated heterocycles. The molecule has 2 aromatic carbocycles. The maximum Gasteiger partial charge on any atom is 0.255 e. The number of carbonyl (C=O) groups excluding carboxylic acids is 1. The highest BCUT2D eigenvalue weighted by atomic mass is 19.1. The zero-order valence-corrected chi connectivity index (χ0v) is 9.99. The number of hydrogen-bond donors (Lipinski definition) is 1. The number of rotatable bonds is 3. The summed E-state index contributed by atoms with van der Waals surface area (Å²) in [5.41, 5.74) is 0.550. The Morgan fingerprint density at radius 3 is 2.42 bits per heavy atom. The van der Waals surface area contributed by atoms with E-state index in [4.69, 9.17) is 0 Å². The van der Waals surface area contributed by atoms with Crippen LogP contribution in [0.3, 0.4) is 0 Å². The van der Waals surface area contributed by atoms with Crippen molar-refractivity contribution in [2.45, 2.75) is 0 Å². The summed E-state index contributed by atoms with van der Waals surface area (Å²) in [6, 6.07) is 11.9. The lowest BCUT2D eigenvalue weighted by Gasteiger charge is -2.09. The van der Waals surface area contributed by atoms with E-state index < -0.39 is 17.6 Å². The fourth-order valence-corrected chi connectivity index (χ4v) is 1.63. The van der Waals surface area contributed by atoms with Crippen LogP contribution in [0.2, 0.25) is 0 Å². The predicted octanol–water partition coefficient (Wildman–Crippen LogP) is 4.02. The van der Waals surface area contributed by atoms with Gasteiger partial charge < -0.3 is 5.32 Å². The zero-order valence-electron chi connectivity index (χ0n) is 9.99. The Kier molecular flexibility index (Phi) is 3.71. The van der Waals surface area contributed by atoms with Crippen molar-refractivity contribution in [1.82, 2.24) is 0 Å². The summed E-state index contributed by atoms with van der Waals surface area (Å²) in [6.45, 7) is 3.12. The summed E-state index contributed by atoms with van der Waals surface area (Å²) >= 11 is 0. The van der Waals surface area contributed by atoms with E-state index in [1.54, 1.807) is 30.3 Å². The lowest BCUT2D eigenvalue weighted by Crippen LogP contribution is -2.12. The highest BCUT2D eigenvalue weighted by Crippen LogP contribution is 2.25. The summed E-state index contributed by atoms with van der Waals surface area (Å²) in [5.74, 6) is -1.79. The van der Waals surface area contributed by atoms with Crippen LogP contribution in [0, 0.1) is 5.82 Å². The molecule has 4 heteroatoms. The second-order valence-electron chi connectivity index (χ2n) is 3.91. The molecular formula is C15H11F2NO. The van der Waals surface area contributed by atoms with E-state index in [2.05, 4.69) is 11.9 Å². The molecule has 0 saturated carbocycles. The quantitative estimate of drug-likeness (QED) is 0.886. The fourth-order valence-electron chi connectivity index (χ4n) is 1.63. The van der Waals surface area contributed by atoms with Gasteiger partial charge in [0.25, 0.3) is 5.91 Å². The van der Waals surface area contributed by atoms with E-state index in [0.29, 0.717) is 5.56 Å². The second kappa shape index (κ2) is 5.44. The Labute approximate surface area is 109 Å². The van der Waals surface area contributed by atoms with Crippen LogP contribution in [-0.4, -0.2) is 5.91 Å². The van der Waals surface area contributed by atoms with Crippen LogP contribution < -0.4 is 5.32 Å². The van der Waals surface area contributed by atoms with Crippen molar-refractivity contribution < 1.29 is 13.6 Å². The van der Waals surface area contributed by atoms with Crippen LogP contribution in [0.4, 0.5) is 14.5 Å². The highest BCUT2D eigenvalue weighted by molar-refractivity contribution is 6.05. The Balaban J connectivity index is 2.29. The van der Waals surface area contributed by atoms with Gasteiger partial charge >= 0.3 is 0 Å². The van der Waals surface area contributed by atoms with Gasteiger partial charge in [0, 0.05) is 11.1 Å². The Morgan fingerprint density at radius 1 is 1.11 bits per heavy atom. The van der Waals surface area contributed by atoms with Crippen LogP contribution in [-0.2, 0) is 0 Å². The molecule has 2 aromatic rings. The number of hydrogen-bond acceptors (Lipinski definition) is 1. The van der Waals surface area contributed by atoms with E-state index in [1.165, 1.54) is 6.07 Å². The van der Waals surface area contributed by atoms with Crippen LogP contribution >= 0.6 is 0 Å². The van der Waals surface area contributed by atoms with Crippen LogP contribution in [0.1, 0.15) is 15.9 Å². The molecule has 96 valence electrons. The van der Waals surface area contributed by atoms with E-state index in [0.717, 1.165) is 12.1 Å². The van der Waals surface area contributed by atoms with Crippen molar-refractivity contribution >= 4 is 17.4 Å². The monoisotopic (exact) mass is 259 g/mol. The topological polar surface area (TPSA) is 29.1 Å². The molecule has 0 heterocycles. The maximum atomic E-state index is 13.2. The summed E-state index contributed by atoms with van der Waals surface area (Å²) < 4.78 is 26.3. The van der Waals surface area contributed by atoms with Crippen molar-refractivity contribution in [1.29, 1.82) is 0 Å². The average molecular weight is 259 g/mol. The molecule has 0 bridgehead atoms. The van der Waals surface area contributed by atoms with Gasteiger partial charge in [-0.3, -0.25) is 4.79 Å². The van der Waals surface area contributed by atoms with Crippen molar-refractivity contribution in [2.75, 3.05) is 5.32 Å². The summed E-state index contributed by atoms with van der Waals surface area (Å²) in [5, 5.41) is 2.53. The van der Waals surface area contributed by atoms with Gasteiger partial charge in [-0.25, -0.2) is 8.78 Å². The molecule has 0 spiro atoms. The third-order valence-corrected chi connectivity index (χ3v) is 2.56. The molecule has 19 heavy (non-hydrogen) atoms. The number of amides is 1. The van der Waals surface area contributed by atoms with Gasteiger partial charge in [-0.05, 0) is 30.3 Å². The lowest BCUT2D eigenvalue weighted by molar-refractivity contribution is 0.102. The smallest absolute Gasteiger partial charge is 0.255 e. The fraction of sp³-hybridized carbons (Fsp3) is 0. The van der Waals surface area contributed by atoms with Gasteiger partial charge in [0.15, 0.2) is 0 Å². The lowest BCUT2D eigenvalue weighted by atomic mass is 10.1. The molecule has 0 atom stereocenters. The Hall–Kier alpha value is -2.49. The third kappa shape index (κ3) is 3.04. The number of nitrogens with one attached hydrogen (secondary N) is 1. The minimum Gasteiger partial charge on any atom is -0.321 e. The molecule has 2 rings (SSSR count). The predicted molar refractivity (Wildman–Crippen MR) is 70.9 cm³/mol. The van der Waals surface area contributed by atoms with Gasteiger partial charge in [0.05, 0.1) is 5.69 Å². The normalized spacial score (nSPS) is 10.0. The van der Waals surface area contributed by atoms with Gasteiger partial charge in [0.2, 0.25) is 0 Å². The molecule has 2 nitrogen and oxygen atoms in total. The average Bonchev–Trinajstić information content (AvgIpc) is 2.41. The molecule has 0 radical (unpaired) electrons. The van der Waals surface area contributed by atoms with Crippen molar-refractivity contribution in [3.8, 4) is 0 Å². The number of anilines is 1. The Bertz CT molecular complexity index is 623. The molecule has 0 fully saturated rings. The van der Waals surface area contributed by atoms with Gasteiger partial charge in [-0.15, -0.1) is 0 Å². The summed E-state index contributed by atoms with van der Waals surface area (Å²) in [4.78, 5) is 11.9. The molecule has 1 N–H and O–H groups in total. The molecule has 0 unspecified atom stereocenters. The first kappa shape index (κ1) is 13.0. The second-order valence-corrected chi connectivity index (χ2v) is 3.91. The van der Waals surface area contributed by atoms with Crippen molar-refractivity contribution in [2.24, 2.45) is 0 Å². The number of halogens is 2. The molecular weight excluding hydrogens is 248 g/mol. The molecule has 0 aliphatic heterocycles. The van der Waals surface area contributed by atoms with Gasteiger partial charge in [-0.2, -0.15) is 0 Å². The molecule has 0 aliphatic rings. The summed E-state index contributed by atoms with van der Waals surface area (Å²) in [7, 11) is 0. The first-order chi connectivity index (χ1) is 9.08. The van der Waals surface area contributed by atoms with Crippen molar-refractivity contribution in [3.63, 3.8) is 0 Å². The van der Waals surface area contributed by atoms with Crippen LogP contribution in [0.25, 0.3) is 5.83 Å². The molecule has 0 aromatic heterocycles. The number of carbonyl (C=O) groups is 1. The number of benzene rings is 2. The highest BCUT2D eigenvalue weighted by Gasteiger charge is 2.11. The van der Waals surface area contributed by atoms with Gasteiger partial charge in [-0.1, -0.05) is 24.8 Å². The zero-order chi connectivity index (χ0) is 13.8. The maximum absolute atomic E-state index is 13.2. The minimum atomic E-state index is -0.803. The Morgan fingerprint density at radius 2 is 1.79 bits per heavy atom. The first-order valence-electron chi connectivity index (χ1n) is 5.58. The molecule has 0 aliphatic carbocycles. The van der Waals surface area contributed by atoms with Crippen LogP contribution in [0.15, 0.2) is 55.1 Å². The van der Waals surface area contributed by atoms with E-state index in [-0.39, 0.29) is 11.3 Å². The van der Waals surface area contributed by atoms with E-state index >= 15 is 0 Å². The molecule has 1 amide bonds. The van der Waals surface area contributed by atoms with Crippen molar-refractivity contribution in [3.05, 3.63) is 72.1 Å². The van der Waals surface area contributed by atoms with E-state index in [9.17, 15) is 13.6 Å².